The highest BCUT2D eigenvalue weighted by molar-refractivity contribution is 5.69. The Balaban J connectivity index is 2.12. The van der Waals surface area contributed by atoms with E-state index >= 15 is 0 Å². The molecule has 5 heteroatoms. The summed E-state index contributed by atoms with van der Waals surface area (Å²) in [7, 11) is 1.84. The summed E-state index contributed by atoms with van der Waals surface area (Å²) in [6, 6.07) is 4.02. The predicted octanol–water partition coefficient (Wildman–Crippen LogP) is 3.20. The van der Waals surface area contributed by atoms with Crippen LogP contribution in [0, 0.1) is 0 Å². The molecule has 1 fully saturated rings. The number of carbonyl (C=O) groups excluding carboxylic acids is 1. The topological polar surface area (TPSA) is 54.5 Å². The number of nitrogens with zero attached hydrogens (tertiary/aromatic N) is 2. The number of hydrogen-bond acceptors (Lipinski definition) is 4. The minimum atomic E-state index is -0.460. The van der Waals surface area contributed by atoms with Crippen LogP contribution in [0.2, 0.25) is 0 Å². The Hall–Kier alpha value is -1.78. The van der Waals surface area contributed by atoms with E-state index in [1.54, 1.807) is 4.90 Å². The van der Waals surface area contributed by atoms with Crippen molar-refractivity contribution < 1.29 is 9.53 Å². The van der Waals surface area contributed by atoms with Crippen LogP contribution in [0.4, 0.5) is 10.6 Å². The van der Waals surface area contributed by atoms with Crippen LogP contribution < -0.4 is 5.32 Å². The van der Waals surface area contributed by atoms with Gasteiger partial charge in [-0.2, -0.15) is 0 Å². The van der Waals surface area contributed by atoms with Gasteiger partial charge in [-0.25, -0.2) is 9.78 Å². The Labute approximate surface area is 120 Å². The first-order valence-corrected chi connectivity index (χ1v) is 7.04. The monoisotopic (exact) mass is 277 g/mol. The molecule has 110 valence electrons. The van der Waals surface area contributed by atoms with Crippen LogP contribution in [0.5, 0.6) is 0 Å². The van der Waals surface area contributed by atoms with Crippen molar-refractivity contribution in [2.45, 2.75) is 45.3 Å². The van der Waals surface area contributed by atoms with Crippen molar-refractivity contribution in [2.24, 2.45) is 0 Å². The van der Waals surface area contributed by atoms with Gasteiger partial charge < -0.3 is 15.0 Å². The van der Waals surface area contributed by atoms with Crippen LogP contribution >= 0.6 is 0 Å². The van der Waals surface area contributed by atoms with Gasteiger partial charge in [-0.1, -0.05) is 6.07 Å². The molecule has 0 saturated carbocycles. The third-order valence-corrected chi connectivity index (χ3v) is 3.31. The fraction of sp³-hybridized carbons (Fsp3) is 0.600. The Morgan fingerprint density at radius 3 is 2.75 bits per heavy atom. The van der Waals surface area contributed by atoms with Crippen molar-refractivity contribution >= 4 is 11.9 Å². The van der Waals surface area contributed by atoms with E-state index in [1.165, 1.54) is 0 Å². The molecule has 0 spiro atoms. The molecule has 1 aliphatic heterocycles. The van der Waals surface area contributed by atoms with E-state index in [4.69, 9.17) is 4.74 Å². The van der Waals surface area contributed by atoms with Gasteiger partial charge in [-0.15, -0.1) is 0 Å². The summed E-state index contributed by atoms with van der Waals surface area (Å²) in [5, 5.41) is 2.99. The van der Waals surface area contributed by atoms with Crippen molar-refractivity contribution in [1.82, 2.24) is 9.88 Å². The highest BCUT2D eigenvalue weighted by Crippen LogP contribution is 2.33. The van der Waals surface area contributed by atoms with Crippen LogP contribution in [0.15, 0.2) is 18.3 Å². The van der Waals surface area contributed by atoms with Gasteiger partial charge in [0.1, 0.15) is 11.4 Å². The molecular formula is C15H23N3O2. The zero-order valence-electron chi connectivity index (χ0n) is 12.6. The lowest BCUT2D eigenvalue weighted by Gasteiger charge is -2.28. The summed E-state index contributed by atoms with van der Waals surface area (Å²) in [6.45, 7) is 6.41. The molecule has 1 saturated heterocycles. The minimum absolute atomic E-state index is 0.0725. The van der Waals surface area contributed by atoms with Gasteiger partial charge in [-0.05, 0) is 45.2 Å². The lowest BCUT2D eigenvalue weighted by atomic mass is 10.1. The summed E-state index contributed by atoms with van der Waals surface area (Å²) in [5.74, 6) is 0.829. The average Bonchev–Trinajstić information content (AvgIpc) is 2.86. The minimum Gasteiger partial charge on any atom is -0.444 e. The quantitative estimate of drug-likeness (QED) is 0.902. The third kappa shape index (κ3) is 3.40. The second-order valence-corrected chi connectivity index (χ2v) is 6.06. The normalized spacial score (nSPS) is 19.0. The fourth-order valence-corrected chi connectivity index (χ4v) is 2.40. The first-order chi connectivity index (χ1) is 9.40. The number of nitrogens with one attached hydrogen (secondary N) is 1. The highest BCUT2D eigenvalue weighted by Gasteiger charge is 2.33. The zero-order chi connectivity index (χ0) is 14.8. The van der Waals surface area contributed by atoms with Gasteiger partial charge >= 0.3 is 6.09 Å². The zero-order valence-corrected chi connectivity index (χ0v) is 12.6. The second kappa shape index (κ2) is 5.69. The molecule has 2 rings (SSSR count). The smallest absolute Gasteiger partial charge is 0.410 e. The molecule has 1 amide bonds. The molecule has 1 aromatic rings. The molecule has 1 N–H and O–H groups in total. The average molecular weight is 277 g/mol. The lowest BCUT2D eigenvalue weighted by molar-refractivity contribution is 0.0224. The molecule has 1 atom stereocenters. The van der Waals surface area contributed by atoms with E-state index in [9.17, 15) is 4.79 Å². The van der Waals surface area contributed by atoms with E-state index in [2.05, 4.69) is 10.3 Å². The number of likely N-dealkylation sites (tertiary alicyclic amines) is 1. The standard InChI is InChI=1S/C15H23N3O2/c1-15(2,3)20-14(19)18-9-5-6-12(18)11-7-8-13(16-4)17-10-11/h7-8,10,12H,5-6,9H2,1-4H3,(H,16,17)/t12-/m1/s1. The van der Waals surface area contributed by atoms with Gasteiger partial charge in [0.15, 0.2) is 0 Å². The second-order valence-electron chi connectivity index (χ2n) is 6.06. The number of amides is 1. The number of hydrogen-bond donors (Lipinski definition) is 1. The van der Waals surface area contributed by atoms with E-state index < -0.39 is 5.60 Å². The van der Waals surface area contributed by atoms with Crippen molar-refractivity contribution in [3.63, 3.8) is 0 Å². The van der Waals surface area contributed by atoms with Gasteiger partial charge in [0.25, 0.3) is 0 Å². The SMILES string of the molecule is CNc1ccc([C@H]2CCCN2C(=O)OC(C)(C)C)cn1. The van der Waals surface area contributed by atoms with Crippen molar-refractivity contribution in [1.29, 1.82) is 0 Å². The fourth-order valence-electron chi connectivity index (χ4n) is 2.40. The summed E-state index contributed by atoms with van der Waals surface area (Å²) in [5.41, 5.74) is 0.603. The van der Waals surface area contributed by atoms with Gasteiger partial charge in [0, 0.05) is 19.8 Å². The van der Waals surface area contributed by atoms with Crippen LogP contribution in [0.1, 0.15) is 45.2 Å². The summed E-state index contributed by atoms with van der Waals surface area (Å²) in [6.07, 6.45) is 3.55. The maximum absolute atomic E-state index is 12.2. The molecule has 20 heavy (non-hydrogen) atoms. The number of pyridine rings is 1. The van der Waals surface area contributed by atoms with Crippen LogP contribution in [0.3, 0.4) is 0 Å². The Morgan fingerprint density at radius 1 is 1.45 bits per heavy atom. The molecular weight excluding hydrogens is 254 g/mol. The van der Waals surface area contributed by atoms with E-state index in [0.29, 0.717) is 0 Å². The molecule has 1 aliphatic rings. The van der Waals surface area contributed by atoms with Crippen molar-refractivity contribution in [2.75, 3.05) is 18.9 Å². The molecule has 0 aromatic carbocycles. The van der Waals surface area contributed by atoms with Gasteiger partial charge in [0.2, 0.25) is 0 Å². The maximum Gasteiger partial charge on any atom is 0.410 e. The molecule has 0 bridgehead atoms. The highest BCUT2D eigenvalue weighted by atomic mass is 16.6. The Morgan fingerprint density at radius 2 is 2.20 bits per heavy atom. The maximum atomic E-state index is 12.2. The van der Waals surface area contributed by atoms with Gasteiger partial charge in [-0.3, -0.25) is 0 Å². The van der Waals surface area contributed by atoms with Crippen molar-refractivity contribution in [3.8, 4) is 0 Å². The molecule has 0 radical (unpaired) electrons. The third-order valence-electron chi connectivity index (χ3n) is 3.31. The Bertz CT molecular complexity index is 465. The first kappa shape index (κ1) is 14.6. The first-order valence-electron chi connectivity index (χ1n) is 7.04. The van der Waals surface area contributed by atoms with E-state index in [1.807, 2.05) is 46.1 Å². The largest absolute Gasteiger partial charge is 0.444 e. The summed E-state index contributed by atoms with van der Waals surface area (Å²) < 4.78 is 5.47. The summed E-state index contributed by atoms with van der Waals surface area (Å²) >= 11 is 0. The number of rotatable bonds is 2. The van der Waals surface area contributed by atoms with Crippen LogP contribution in [-0.4, -0.2) is 35.2 Å². The van der Waals surface area contributed by atoms with E-state index in [0.717, 1.165) is 30.8 Å². The molecule has 0 unspecified atom stereocenters. The molecule has 2 heterocycles. The van der Waals surface area contributed by atoms with Crippen LogP contribution in [-0.2, 0) is 4.74 Å². The number of ether oxygens (including phenoxy) is 1. The lowest BCUT2D eigenvalue weighted by Crippen LogP contribution is -2.36. The summed E-state index contributed by atoms with van der Waals surface area (Å²) in [4.78, 5) is 18.4. The molecule has 5 nitrogen and oxygen atoms in total. The molecule has 0 aliphatic carbocycles. The van der Waals surface area contributed by atoms with Gasteiger partial charge in [0.05, 0.1) is 6.04 Å². The Kier molecular flexibility index (Phi) is 4.16. The predicted molar refractivity (Wildman–Crippen MR) is 78.7 cm³/mol. The van der Waals surface area contributed by atoms with E-state index in [-0.39, 0.29) is 12.1 Å². The number of aromatic nitrogens is 1. The number of anilines is 1. The number of carbonyl (C=O) groups is 1. The van der Waals surface area contributed by atoms with Crippen molar-refractivity contribution in [3.05, 3.63) is 23.9 Å². The van der Waals surface area contributed by atoms with Crippen LogP contribution in [0.25, 0.3) is 0 Å². The molecule has 1 aromatic heterocycles.